The van der Waals surface area contributed by atoms with Crippen LogP contribution in [0.3, 0.4) is 0 Å². The van der Waals surface area contributed by atoms with Gasteiger partial charge in [0.1, 0.15) is 11.9 Å². The number of hydrogen-bond acceptors (Lipinski definition) is 3. The maximum absolute atomic E-state index is 5.92. The fraction of sp³-hybridized carbons (Fsp3) is 0.538. The zero-order chi connectivity index (χ0) is 11.5. The van der Waals surface area contributed by atoms with Crippen molar-refractivity contribution in [3.63, 3.8) is 0 Å². The zero-order valence-electron chi connectivity index (χ0n) is 9.85. The molecule has 1 aromatic carbocycles. The molecule has 3 nitrogen and oxygen atoms in total. The van der Waals surface area contributed by atoms with Gasteiger partial charge in [-0.2, -0.15) is 0 Å². The fourth-order valence-corrected chi connectivity index (χ4v) is 2.22. The van der Waals surface area contributed by atoms with E-state index in [1.54, 1.807) is 0 Å². The number of nitrogens with two attached hydrogens (primary N) is 1. The average Bonchev–Trinajstić information content (AvgIpc) is 2.15. The Morgan fingerprint density at radius 1 is 1.25 bits per heavy atom. The lowest BCUT2D eigenvalue weighted by Crippen LogP contribution is -2.35. The molecule has 1 aliphatic rings. The molecule has 0 spiro atoms. The van der Waals surface area contributed by atoms with Gasteiger partial charge >= 0.3 is 0 Å². The molecule has 88 valence electrons. The topological polar surface area (TPSA) is 44.5 Å². The molecule has 1 fully saturated rings. The number of hydrogen-bond donors (Lipinski definition) is 1. The second-order valence-corrected chi connectivity index (χ2v) is 4.54. The van der Waals surface area contributed by atoms with Crippen molar-refractivity contribution in [1.29, 1.82) is 0 Å². The minimum Gasteiger partial charge on any atom is -0.490 e. The summed E-state index contributed by atoms with van der Waals surface area (Å²) in [6.45, 7) is 4.18. The molecule has 2 unspecified atom stereocenters. The van der Waals surface area contributed by atoms with E-state index in [9.17, 15) is 0 Å². The Kier molecular flexibility index (Phi) is 3.34. The van der Waals surface area contributed by atoms with Gasteiger partial charge in [-0.15, -0.1) is 0 Å². The van der Waals surface area contributed by atoms with Gasteiger partial charge in [0, 0.05) is 24.6 Å². The number of ether oxygens (including phenoxy) is 2. The molecule has 1 aromatic rings. The van der Waals surface area contributed by atoms with E-state index >= 15 is 0 Å². The SMILES string of the molecule is CC1CC(Oc2cccc(N)c2)CC(C)O1. The number of rotatable bonds is 2. The molecule has 2 atom stereocenters. The minimum atomic E-state index is 0.237. The van der Waals surface area contributed by atoms with Gasteiger partial charge in [-0.3, -0.25) is 0 Å². The van der Waals surface area contributed by atoms with Crippen molar-refractivity contribution < 1.29 is 9.47 Å². The number of benzene rings is 1. The first-order valence-corrected chi connectivity index (χ1v) is 5.81. The van der Waals surface area contributed by atoms with Gasteiger partial charge in [0.15, 0.2) is 0 Å². The Balaban J connectivity index is 1.98. The van der Waals surface area contributed by atoms with E-state index in [1.807, 2.05) is 24.3 Å². The van der Waals surface area contributed by atoms with E-state index in [4.69, 9.17) is 15.2 Å². The summed E-state index contributed by atoms with van der Waals surface area (Å²) in [6, 6.07) is 7.59. The van der Waals surface area contributed by atoms with Crippen molar-refractivity contribution >= 4 is 5.69 Å². The molecule has 0 amide bonds. The van der Waals surface area contributed by atoms with Crippen molar-refractivity contribution in [1.82, 2.24) is 0 Å². The van der Waals surface area contributed by atoms with E-state index in [0.717, 1.165) is 24.3 Å². The van der Waals surface area contributed by atoms with Crippen molar-refractivity contribution in [3.8, 4) is 5.75 Å². The third-order valence-corrected chi connectivity index (χ3v) is 2.82. The van der Waals surface area contributed by atoms with Crippen LogP contribution in [0.1, 0.15) is 26.7 Å². The maximum atomic E-state index is 5.92. The Labute approximate surface area is 96.5 Å². The quantitative estimate of drug-likeness (QED) is 0.781. The van der Waals surface area contributed by atoms with E-state index < -0.39 is 0 Å². The molecule has 1 aliphatic heterocycles. The zero-order valence-corrected chi connectivity index (χ0v) is 9.85. The Morgan fingerprint density at radius 3 is 2.56 bits per heavy atom. The maximum Gasteiger partial charge on any atom is 0.121 e. The molecule has 0 radical (unpaired) electrons. The van der Waals surface area contributed by atoms with Crippen molar-refractivity contribution in [2.45, 2.75) is 45.0 Å². The van der Waals surface area contributed by atoms with Crippen LogP contribution in [-0.2, 0) is 4.74 Å². The van der Waals surface area contributed by atoms with Gasteiger partial charge in [0.2, 0.25) is 0 Å². The molecule has 2 rings (SSSR count). The molecule has 16 heavy (non-hydrogen) atoms. The summed E-state index contributed by atoms with van der Waals surface area (Å²) in [4.78, 5) is 0. The van der Waals surface area contributed by atoms with E-state index in [2.05, 4.69) is 13.8 Å². The van der Waals surface area contributed by atoms with Crippen molar-refractivity contribution in [2.75, 3.05) is 5.73 Å². The van der Waals surface area contributed by atoms with Crippen LogP contribution in [0, 0.1) is 0 Å². The Bertz CT molecular complexity index is 344. The standard InChI is InChI=1S/C13H19NO2/c1-9-6-13(7-10(2)15-9)16-12-5-3-4-11(14)8-12/h3-5,8-10,13H,6-7,14H2,1-2H3. The Morgan fingerprint density at radius 2 is 1.94 bits per heavy atom. The predicted molar refractivity (Wildman–Crippen MR) is 64.5 cm³/mol. The lowest BCUT2D eigenvalue weighted by Gasteiger charge is -2.32. The van der Waals surface area contributed by atoms with Gasteiger partial charge in [-0.25, -0.2) is 0 Å². The van der Waals surface area contributed by atoms with Crippen LogP contribution in [0.2, 0.25) is 0 Å². The van der Waals surface area contributed by atoms with E-state index in [1.165, 1.54) is 0 Å². The fourth-order valence-electron chi connectivity index (χ4n) is 2.22. The molecule has 0 saturated carbocycles. The van der Waals surface area contributed by atoms with Crippen LogP contribution in [0.5, 0.6) is 5.75 Å². The highest BCUT2D eigenvalue weighted by Crippen LogP contribution is 2.24. The lowest BCUT2D eigenvalue weighted by molar-refractivity contribution is -0.0721. The average molecular weight is 221 g/mol. The van der Waals surface area contributed by atoms with Crippen LogP contribution >= 0.6 is 0 Å². The lowest BCUT2D eigenvalue weighted by atomic mass is 10.0. The van der Waals surface area contributed by atoms with Gasteiger partial charge in [-0.05, 0) is 26.0 Å². The monoisotopic (exact) mass is 221 g/mol. The highest BCUT2D eigenvalue weighted by atomic mass is 16.5. The first-order valence-electron chi connectivity index (χ1n) is 5.81. The van der Waals surface area contributed by atoms with Gasteiger partial charge in [-0.1, -0.05) is 6.07 Å². The van der Waals surface area contributed by atoms with Crippen LogP contribution in [0.25, 0.3) is 0 Å². The molecular formula is C13H19NO2. The predicted octanol–water partition coefficient (Wildman–Crippen LogP) is 2.60. The summed E-state index contributed by atoms with van der Waals surface area (Å²) in [6.07, 6.45) is 2.67. The second kappa shape index (κ2) is 4.74. The first kappa shape index (κ1) is 11.3. The van der Waals surface area contributed by atoms with Crippen molar-refractivity contribution in [2.24, 2.45) is 0 Å². The van der Waals surface area contributed by atoms with Crippen LogP contribution in [-0.4, -0.2) is 18.3 Å². The van der Waals surface area contributed by atoms with Crippen LogP contribution < -0.4 is 10.5 Å². The number of anilines is 1. The van der Waals surface area contributed by atoms with Crippen LogP contribution in [0.4, 0.5) is 5.69 Å². The highest BCUT2D eigenvalue weighted by molar-refractivity contribution is 5.43. The summed E-state index contributed by atoms with van der Waals surface area (Å²) in [5.41, 5.74) is 6.45. The molecule has 0 aromatic heterocycles. The summed E-state index contributed by atoms with van der Waals surface area (Å²) < 4.78 is 11.6. The molecular weight excluding hydrogens is 202 g/mol. The van der Waals surface area contributed by atoms with Crippen LogP contribution in [0.15, 0.2) is 24.3 Å². The summed E-state index contributed by atoms with van der Waals surface area (Å²) in [7, 11) is 0. The molecule has 2 N–H and O–H groups in total. The number of nitrogen functional groups attached to an aromatic ring is 1. The Hall–Kier alpha value is -1.22. The van der Waals surface area contributed by atoms with Gasteiger partial charge in [0.25, 0.3) is 0 Å². The third-order valence-electron chi connectivity index (χ3n) is 2.82. The van der Waals surface area contributed by atoms with Gasteiger partial charge in [0.05, 0.1) is 12.2 Å². The molecule has 0 aliphatic carbocycles. The molecule has 3 heteroatoms. The molecule has 0 bridgehead atoms. The highest BCUT2D eigenvalue weighted by Gasteiger charge is 2.25. The largest absolute Gasteiger partial charge is 0.490 e. The minimum absolute atomic E-state index is 0.237. The summed E-state index contributed by atoms with van der Waals surface area (Å²) in [5, 5.41) is 0. The second-order valence-electron chi connectivity index (χ2n) is 4.54. The summed E-state index contributed by atoms with van der Waals surface area (Å²) >= 11 is 0. The van der Waals surface area contributed by atoms with Crippen molar-refractivity contribution in [3.05, 3.63) is 24.3 Å². The molecule has 1 heterocycles. The van der Waals surface area contributed by atoms with E-state index in [-0.39, 0.29) is 18.3 Å². The first-order chi connectivity index (χ1) is 7.63. The van der Waals surface area contributed by atoms with Gasteiger partial charge < -0.3 is 15.2 Å². The smallest absolute Gasteiger partial charge is 0.121 e. The summed E-state index contributed by atoms with van der Waals surface area (Å²) in [5.74, 6) is 0.853. The van der Waals surface area contributed by atoms with E-state index in [0.29, 0.717) is 0 Å². The normalized spacial score (nSPS) is 30.0. The third kappa shape index (κ3) is 2.89. The molecule has 1 saturated heterocycles.